The molecular formula is C35H40ClN5O2. The smallest absolute Gasteiger partial charge is 0.269 e. The van der Waals surface area contributed by atoms with Crippen molar-refractivity contribution in [3.8, 4) is 0 Å². The minimum absolute atomic E-state index is 0.0212. The second-order valence-electron chi connectivity index (χ2n) is 11.6. The number of nitrogens with one attached hydrogen (secondary N) is 1. The molecule has 3 heterocycles. The van der Waals surface area contributed by atoms with Gasteiger partial charge in [0.25, 0.3) is 5.91 Å². The molecule has 3 aromatic carbocycles. The molecule has 2 aliphatic heterocycles. The molecule has 1 aromatic heterocycles. The Hall–Kier alpha value is -3.49. The first-order valence-electron chi connectivity index (χ1n) is 15.3. The molecule has 0 saturated carbocycles. The summed E-state index contributed by atoms with van der Waals surface area (Å²) in [5.74, 6) is -0.0744. The van der Waals surface area contributed by atoms with E-state index in [2.05, 4.69) is 75.8 Å². The van der Waals surface area contributed by atoms with Crippen LogP contribution < -0.4 is 5.32 Å². The van der Waals surface area contributed by atoms with Gasteiger partial charge in [-0.1, -0.05) is 84.4 Å². The van der Waals surface area contributed by atoms with Crippen molar-refractivity contribution in [3.05, 3.63) is 124 Å². The molecule has 224 valence electrons. The predicted octanol–water partition coefficient (Wildman–Crippen LogP) is 5.23. The number of halogens is 1. The monoisotopic (exact) mass is 597 g/mol. The second kappa shape index (κ2) is 13.9. The van der Waals surface area contributed by atoms with Crippen LogP contribution in [0.1, 0.15) is 45.7 Å². The molecule has 0 atom stereocenters. The fourth-order valence-corrected chi connectivity index (χ4v) is 6.63. The normalized spacial score (nSPS) is 17.5. The Labute approximate surface area is 259 Å². The Morgan fingerprint density at radius 2 is 1.44 bits per heavy atom. The van der Waals surface area contributed by atoms with E-state index in [0.717, 1.165) is 70.0 Å². The third kappa shape index (κ3) is 7.02. The van der Waals surface area contributed by atoms with Crippen LogP contribution in [0.25, 0.3) is 0 Å². The minimum atomic E-state index is -0.0744. The van der Waals surface area contributed by atoms with E-state index in [-0.39, 0.29) is 11.3 Å². The lowest BCUT2D eigenvalue weighted by molar-refractivity contribution is 0.0383. The van der Waals surface area contributed by atoms with Crippen molar-refractivity contribution in [2.45, 2.75) is 31.3 Å². The van der Waals surface area contributed by atoms with Gasteiger partial charge in [-0.05, 0) is 54.8 Å². The van der Waals surface area contributed by atoms with E-state index < -0.39 is 0 Å². The predicted molar refractivity (Wildman–Crippen MR) is 171 cm³/mol. The number of aromatic nitrogens is 2. The topological polar surface area (TPSA) is 62.6 Å². The van der Waals surface area contributed by atoms with Gasteiger partial charge in [0.05, 0.1) is 25.2 Å². The van der Waals surface area contributed by atoms with Gasteiger partial charge in [-0.15, -0.1) is 0 Å². The number of carbonyl (C=O) groups is 1. The number of piperidine rings is 1. The zero-order chi connectivity index (χ0) is 29.5. The van der Waals surface area contributed by atoms with E-state index in [1.54, 1.807) is 0 Å². The molecule has 0 spiro atoms. The van der Waals surface area contributed by atoms with Crippen LogP contribution in [-0.4, -0.2) is 77.7 Å². The van der Waals surface area contributed by atoms with E-state index in [4.69, 9.17) is 21.3 Å². The fourth-order valence-electron chi connectivity index (χ4n) is 6.51. The molecule has 6 rings (SSSR count). The van der Waals surface area contributed by atoms with Gasteiger partial charge in [0.1, 0.15) is 5.69 Å². The summed E-state index contributed by atoms with van der Waals surface area (Å²) in [5, 5.41) is 3.88. The highest BCUT2D eigenvalue weighted by Crippen LogP contribution is 2.42. The number of ether oxygens (including phenoxy) is 1. The van der Waals surface area contributed by atoms with Crippen molar-refractivity contribution in [2.75, 3.05) is 52.5 Å². The first-order chi connectivity index (χ1) is 21.1. The van der Waals surface area contributed by atoms with Gasteiger partial charge in [-0.2, -0.15) is 0 Å². The summed E-state index contributed by atoms with van der Waals surface area (Å²) in [6.07, 6.45) is 3.82. The van der Waals surface area contributed by atoms with Crippen molar-refractivity contribution < 1.29 is 9.53 Å². The third-order valence-electron chi connectivity index (χ3n) is 8.95. The number of benzene rings is 3. The van der Waals surface area contributed by atoms with Gasteiger partial charge in [0, 0.05) is 49.7 Å². The lowest BCUT2D eigenvalue weighted by atomic mass is 9.68. The standard InChI is InChI=1S/C35H40ClN5O2/c36-31-13-11-28(12-14-31)25-41-27-38-32(33(41)34(42)37-17-20-39-21-23-43-24-22-39)26-40-18-15-35(16-19-40,29-7-3-1-4-8-29)30-9-5-2-6-10-30/h1-14,27H,15-26H2,(H,37,42). The molecule has 1 amide bonds. The van der Waals surface area contributed by atoms with E-state index in [9.17, 15) is 4.79 Å². The number of hydrogen-bond donors (Lipinski definition) is 1. The molecule has 2 fully saturated rings. The fraction of sp³-hybridized carbons (Fsp3) is 0.371. The molecule has 0 bridgehead atoms. The van der Waals surface area contributed by atoms with Gasteiger partial charge >= 0.3 is 0 Å². The molecular weight excluding hydrogens is 558 g/mol. The lowest BCUT2D eigenvalue weighted by Crippen LogP contribution is -2.43. The van der Waals surface area contributed by atoms with Crippen LogP contribution in [0, 0.1) is 0 Å². The SMILES string of the molecule is O=C(NCCN1CCOCC1)c1c(CN2CCC(c3ccccc3)(c3ccccc3)CC2)ncn1Cc1ccc(Cl)cc1. The summed E-state index contributed by atoms with van der Waals surface area (Å²) in [7, 11) is 0. The van der Waals surface area contributed by atoms with Crippen molar-refractivity contribution in [1.82, 2.24) is 24.7 Å². The summed E-state index contributed by atoms with van der Waals surface area (Å²) >= 11 is 6.13. The quantitative estimate of drug-likeness (QED) is 0.271. The number of carbonyl (C=O) groups excluding carboxylic acids is 1. The van der Waals surface area contributed by atoms with Gasteiger partial charge in [0.15, 0.2) is 0 Å². The summed E-state index contributed by atoms with van der Waals surface area (Å²) < 4.78 is 7.44. The Morgan fingerprint density at radius 1 is 0.814 bits per heavy atom. The molecule has 1 N–H and O–H groups in total. The summed E-state index contributed by atoms with van der Waals surface area (Å²) in [4.78, 5) is 23.3. The van der Waals surface area contributed by atoms with Crippen LogP contribution in [0.4, 0.5) is 0 Å². The molecule has 8 heteroatoms. The molecule has 0 aliphatic carbocycles. The highest BCUT2D eigenvalue weighted by molar-refractivity contribution is 6.30. The van der Waals surface area contributed by atoms with Crippen molar-refractivity contribution in [1.29, 1.82) is 0 Å². The number of nitrogens with zero attached hydrogens (tertiary/aromatic N) is 4. The van der Waals surface area contributed by atoms with E-state index in [1.807, 2.05) is 35.2 Å². The van der Waals surface area contributed by atoms with Crippen LogP contribution in [0.15, 0.2) is 91.3 Å². The second-order valence-corrected chi connectivity index (χ2v) is 12.0. The zero-order valence-electron chi connectivity index (χ0n) is 24.6. The van der Waals surface area contributed by atoms with Gasteiger partial charge < -0.3 is 14.6 Å². The Morgan fingerprint density at radius 3 is 2.07 bits per heavy atom. The molecule has 4 aromatic rings. The van der Waals surface area contributed by atoms with Gasteiger partial charge in [0.2, 0.25) is 0 Å². The molecule has 7 nitrogen and oxygen atoms in total. The molecule has 2 aliphatic rings. The van der Waals surface area contributed by atoms with Crippen LogP contribution >= 0.6 is 11.6 Å². The van der Waals surface area contributed by atoms with E-state index in [0.29, 0.717) is 30.4 Å². The van der Waals surface area contributed by atoms with Crippen LogP contribution in [0.5, 0.6) is 0 Å². The number of imidazole rings is 1. The number of likely N-dealkylation sites (tertiary alicyclic amines) is 1. The van der Waals surface area contributed by atoms with Crippen molar-refractivity contribution in [2.24, 2.45) is 0 Å². The maximum atomic E-state index is 13.7. The number of rotatable bonds is 10. The largest absolute Gasteiger partial charge is 0.379 e. The van der Waals surface area contributed by atoms with E-state index in [1.165, 1.54) is 11.1 Å². The van der Waals surface area contributed by atoms with Crippen LogP contribution in [0.3, 0.4) is 0 Å². The van der Waals surface area contributed by atoms with Crippen molar-refractivity contribution >= 4 is 17.5 Å². The summed E-state index contributed by atoms with van der Waals surface area (Å²) in [5.41, 5.74) is 5.25. The number of morpholine rings is 1. The minimum Gasteiger partial charge on any atom is -0.379 e. The first kappa shape index (κ1) is 29.6. The van der Waals surface area contributed by atoms with Crippen LogP contribution in [0.2, 0.25) is 5.02 Å². The summed E-state index contributed by atoms with van der Waals surface area (Å²) in [6.45, 7) is 7.73. The molecule has 0 unspecified atom stereocenters. The molecule has 43 heavy (non-hydrogen) atoms. The Balaban J connectivity index is 1.19. The number of hydrogen-bond acceptors (Lipinski definition) is 5. The van der Waals surface area contributed by atoms with Crippen molar-refractivity contribution in [3.63, 3.8) is 0 Å². The highest BCUT2D eigenvalue weighted by Gasteiger charge is 2.38. The zero-order valence-corrected chi connectivity index (χ0v) is 25.4. The first-order valence-corrected chi connectivity index (χ1v) is 15.7. The highest BCUT2D eigenvalue weighted by atomic mass is 35.5. The average molecular weight is 598 g/mol. The van der Waals surface area contributed by atoms with E-state index >= 15 is 0 Å². The molecule has 2 saturated heterocycles. The lowest BCUT2D eigenvalue weighted by Gasteiger charge is -2.43. The van der Waals surface area contributed by atoms with Gasteiger partial charge in [-0.3, -0.25) is 14.6 Å². The summed E-state index contributed by atoms with van der Waals surface area (Å²) in [6, 6.07) is 29.6. The third-order valence-corrected chi connectivity index (χ3v) is 9.20. The average Bonchev–Trinajstić information content (AvgIpc) is 3.45. The number of amides is 1. The molecule has 0 radical (unpaired) electrons. The van der Waals surface area contributed by atoms with Crippen LogP contribution in [-0.2, 0) is 23.2 Å². The Kier molecular flexibility index (Phi) is 9.54. The van der Waals surface area contributed by atoms with Gasteiger partial charge in [-0.25, -0.2) is 4.98 Å². The maximum Gasteiger partial charge on any atom is 0.269 e. The Bertz CT molecular complexity index is 1420. The maximum absolute atomic E-state index is 13.7.